The number of nitrogens with one attached hydrogen (secondary N) is 2. The first-order valence-electron chi connectivity index (χ1n) is 6.85. The van der Waals surface area contributed by atoms with Crippen molar-refractivity contribution in [3.63, 3.8) is 0 Å². The van der Waals surface area contributed by atoms with Crippen molar-refractivity contribution in [1.29, 1.82) is 0 Å². The zero-order valence-electron chi connectivity index (χ0n) is 11.2. The van der Waals surface area contributed by atoms with Crippen LogP contribution in [0.25, 0.3) is 0 Å². The van der Waals surface area contributed by atoms with Crippen molar-refractivity contribution in [2.45, 2.75) is 24.0 Å². The summed E-state index contributed by atoms with van der Waals surface area (Å²) in [4.78, 5) is 9.19. The first kappa shape index (κ1) is 13.4. The average molecular weight is 296 g/mol. The second-order valence-electron chi connectivity index (χ2n) is 4.97. The van der Waals surface area contributed by atoms with E-state index in [0.717, 1.165) is 24.0 Å². The number of hydrogen-bond donors (Lipinski definition) is 2. The molecule has 2 N–H and O–H groups in total. The Labute approximate surface area is 122 Å². The molecule has 6 heteroatoms. The molecule has 1 saturated carbocycles. The number of thioether (sulfide) groups is 2. The first-order valence-corrected chi connectivity index (χ1v) is 9.05. The van der Waals surface area contributed by atoms with Crippen LogP contribution in [-0.4, -0.2) is 46.1 Å². The summed E-state index contributed by atoms with van der Waals surface area (Å²) in [5.41, 5.74) is 0. The molecule has 1 saturated heterocycles. The van der Waals surface area contributed by atoms with E-state index in [1.54, 1.807) is 0 Å². The summed E-state index contributed by atoms with van der Waals surface area (Å²) in [5, 5.41) is 7.32. The standard InChI is InChI=1S/C13H20N4S2/c1-14-11-6-12(17-13(16-11)9-2-3-9)15-7-10-8-18-4-5-19-10/h6,9-10H,2-5,7-8H2,1H3,(H2,14,15,16,17). The number of hydrogen-bond acceptors (Lipinski definition) is 6. The first-order chi connectivity index (χ1) is 9.35. The zero-order valence-corrected chi connectivity index (χ0v) is 12.8. The SMILES string of the molecule is CNc1cc(NCC2CSCCS2)nc(C2CC2)n1. The topological polar surface area (TPSA) is 49.8 Å². The van der Waals surface area contributed by atoms with E-state index in [4.69, 9.17) is 0 Å². The molecule has 1 aliphatic carbocycles. The van der Waals surface area contributed by atoms with Gasteiger partial charge in [-0.05, 0) is 12.8 Å². The summed E-state index contributed by atoms with van der Waals surface area (Å²) in [6, 6.07) is 2.01. The van der Waals surface area contributed by atoms with Crippen LogP contribution in [0.1, 0.15) is 24.6 Å². The summed E-state index contributed by atoms with van der Waals surface area (Å²) in [5.74, 6) is 7.30. The molecule has 2 heterocycles. The van der Waals surface area contributed by atoms with Crippen LogP contribution in [0.2, 0.25) is 0 Å². The van der Waals surface area contributed by atoms with E-state index in [2.05, 4.69) is 44.1 Å². The van der Waals surface area contributed by atoms with Gasteiger partial charge in [-0.1, -0.05) is 0 Å². The summed E-state index contributed by atoms with van der Waals surface area (Å²) in [6.45, 7) is 1.00. The second-order valence-corrected chi connectivity index (χ2v) is 7.53. The van der Waals surface area contributed by atoms with Crippen LogP contribution in [0, 0.1) is 0 Å². The van der Waals surface area contributed by atoms with Gasteiger partial charge in [-0.2, -0.15) is 23.5 Å². The number of nitrogens with zero attached hydrogens (tertiary/aromatic N) is 2. The van der Waals surface area contributed by atoms with Gasteiger partial charge >= 0.3 is 0 Å². The number of anilines is 2. The Bertz CT molecular complexity index is 431. The molecule has 2 aliphatic rings. The second kappa shape index (κ2) is 6.22. The molecule has 104 valence electrons. The Morgan fingerprint density at radius 1 is 1.26 bits per heavy atom. The molecule has 1 aromatic rings. The van der Waals surface area contributed by atoms with Gasteiger partial charge in [0.1, 0.15) is 17.5 Å². The molecule has 1 atom stereocenters. The van der Waals surface area contributed by atoms with E-state index in [-0.39, 0.29) is 0 Å². The van der Waals surface area contributed by atoms with Gasteiger partial charge in [0.25, 0.3) is 0 Å². The smallest absolute Gasteiger partial charge is 0.136 e. The molecule has 2 fully saturated rings. The summed E-state index contributed by atoms with van der Waals surface area (Å²) in [6.07, 6.45) is 2.48. The molecular weight excluding hydrogens is 276 g/mol. The quantitative estimate of drug-likeness (QED) is 0.871. The maximum absolute atomic E-state index is 4.65. The monoisotopic (exact) mass is 296 g/mol. The maximum Gasteiger partial charge on any atom is 0.136 e. The highest BCUT2D eigenvalue weighted by molar-refractivity contribution is 8.06. The molecule has 1 unspecified atom stereocenters. The highest BCUT2D eigenvalue weighted by Gasteiger charge is 2.27. The normalized spacial score (nSPS) is 23.1. The molecule has 0 amide bonds. The Hall–Kier alpha value is -0.620. The predicted molar refractivity (Wildman–Crippen MR) is 85.6 cm³/mol. The molecule has 0 radical (unpaired) electrons. The minimum atomic E-state index is 0.591. The third-order valence-corrected chi connectivity index (χ3v) is 6.18. The van der Waals surface area contributed by atoms with E-state index in [9.17, 15) is 0 Å². The lowest BCUT2D eigenvalue weighted by Gasteiger charge is -2.21. The number of aromatic nitrogens is 2. The Morgan fingerprint density at radius 2 is 2.11 bits per heavy atom. The van der Waals surface area contributed by atoms with E-state index in [1.807, 2.05) is 13.1 Å². The molecule has 1 aromatic heterocycles. The van der Waals surface area contributed by atoms with Crippen LogP contribution in [0.15, 0.2) is 6.07 Å². The third-order valence-electron chi connectivity index (χ3n) is 3.34. The summed E-state index contributed by atoms with van der Waals surface area (Å²) in [7, 11) is 1.91. The Morgan fingerprint density at radius 3 is 2.79 bits per heavy atom. The van der Waals surface area contributed by atoms with E-state index in [1.165, 1.54) is 30.1 Å². The van der Waals surface area contributed by atoms with Crippen LogP contribution < -0.4 is 10.6 Å². The highest BCUT2D eigenvalue weighted by Crippen LogP contribution is 2.38. The lowest BCUT2D eigenvalue weighted by Crippen LogP contribution is -2.23. The minimum absolute atomic E-state index is 0.591. The lowest BCUT2D eigenvalue weighted by atomic mass is 10.3. The molecule has 3 rings (SSSR count). The van der Waals surface area contributed by atoms with Gasteiger partial charge < -0.3 is 10.6 Å². The fraction of sp³-hybridized carbons (Fsp3) is 0.692. The summed E-state index contributed by atoms with van der Waals surface area (Å²) >= 11 is 4.13. The van der Waals surface area contributed by atoms with Crippen LogP contribution in [0.5, 0.6) is 0 Å². The maximum atomic E-state index is 4.65. The van der Waals surface area contributed by atoms with Crippen LogP contribution in [0.4, 0.5) is 11.6 Å². The fourth-order valence-corrected chi connectivity index (χ4v) is 4.69. The molecule has 0 aromatic carbocycles. The zero-order chi connectivity index (χ0) is 13.1. The average Bonchev–Trinajstić information content (AvgIpc) is 3.30. The van der Waals surface area contributed by atoms with Crippen molar-refractivity contribution in [3.05, 3.63) is 11.9 Å². The minimum Gasteiger partial charge on any atom is -0.373 e. The fourth-order valence-electron chi connectivity index (χ4n) is 2.08. The van der Waals surface area contributed by atoms with Gasteiger partial charge in [0, 0.05) is 48.1 Å². The van der Waals surface area contributed by atoms with Crippen molar-refractivity contribution in [1.82, 2.24) is 9.97 Å². The van der Waals surface area contributed by atoms with Gasteiger partial charge in [0.15, 0.2) is 0 Å². The molecule has 19 heavy (non-hydrogen) atoms. The highest BCUT2D eigenvalue weighted by atomic mass is 32.2. The van der Waals surface area contributed by atoms with Crippen molar-refractivity contribution in [2.75, 3.05) is 41.5 Å². The summed E-state index contributed by atoms with van der Waals surface area (Å²) < 4.78 is 0. The van der Waals surface area contributed by atoms with Gasteiger partial charge in [-0.3, -0.25) is 0 Å². The van der Waals surface area contributed by atoms with E-state index in [0.29, 0.717) is 11.2 Å². The number of rotatable bonds is 5. The van der Waals surface area contributed by atoms with Crippen molar-refractivity contribution in [2.24, 2.45) is 0 Å². The van der Waals surface area contributed by atoms with Gasteiger partial charge in [0.05, 0.1) is 0 Å². The molecule has 0 bridgehead atoms. The third kappa shape index (κ3) is 3.69. The van der Waals surface area contributed by atoms with Crippen LogP contribution >= 0.6 is 23.5 Å². The van der Waals surface area contributed by atoms with Gasteiger partial charge in [0.2, 0.25) is 0 Å². The molecular formula is C13H20N4S2. The van der Waals surface area contributed by atoms with Gasteiger partial charge in [-0.15, -0.1) is 0 Å². The largest absolute Gasteiger partial charge is 0.373 e. The molecule has 4 nitrogen and oxygen atoms in total. The molecule has 1 aliphatic heterocycles. The van der Waals surface area contributed by atoms with Crippen molar-refractivity contribution >= 4 is 35.2 Å². The Kier molecular flexibility index (Phi) is 4.38. The van der Waals surface area contributed by atoms with E-state index < -0.39 is 0 Å². The van der Waals surface area contributed by atoms with Crippen molar-refractivity contribution < 1.29 is 0 Å². The van der Waals surface area contributed by atoms with E-state index >= 15 is 0 Å². The van der Waals surface area contributed by atoms with Crippen LogP contribution in [0.3, 0.4) is 0 Å². The lowest BCUT2D eigenvalue weighted by molar-refractivity contribution is 0.915. The Balaban J connectivity index is 1.63. The predicted octanol–water partition coefficient (Wildman–Crippen LogP) is 2.66. The molecule has 0 spiro atoms. The van der Waals surface area contributed by atoms with Crippen molar-refractivity contribution in [3.8, 4) is 0 Å². The van der Waals surface area contributed by atoms with Gasteiger partial charge in [-0.25, -0.2) is 9.97 Å². The van der Waals surface area contributed by atoms with Crippen LogP contribution in [-0.2, 0) is 0 Å².